The first kappa shape index (κ1) is 14.9. The average molecular weight is 303 g/mol. The van der Waals surface area contributed by atoms with Gasteiger partial charge in [0.15, 0.2) is 0 Å². The number of aryl methyl sites for hydroxylation is 1. The first-order valence-electron chi connectivity index (χ1n) is 7.13. The van der Waals surface area contributed by atoms with E-state index in [4.69, 9.17) is 9.47 Å². The molecule has 1 N–H and O–H groups in total. The number of hydrogen-bond acceptors (Lipinski definition) is 4. The number of ether oxygens (including phenoxy) is 2. The second kappa shape index (κ2) is 5.34. The standard InChI is InChI=1S/C17H18FNO3/c1-10-16-14(9-21-17(2,3)22-16)13(8-20)15(19-10)11-4-6-12(18)7-5-11/h4-7,20H,8-9H2,1-3H3. The molecule has 0 atom stereocenters. The van der Waals surface area contributed by atoms with Gasteiger partial charge in [-0.2, -0.15) is 0 Å². The number of aromatic nitrogens is 1. The van der Waals surface area contributed by atoms with Gasteiger partial charge in [0.1, 0.15) is 11.6 Å². The number of fused-ring (bicyclic) bond motifs is 1. The molecular weight excluding hydrogens is 285 g/mol. The van der Waals surface area contributed by atoms with Gasteiger partial charge in [-0.25, -0.2) is 9.37 Å². The molecule has 1 aliphatic heterocycles. The number of aliphatic hydroxyl groups excluding tert-OH is 1. The number of halogens is 1. The van der Waals surface area contributed by atoms with Gasteiger partial charge in [0.2, 0.25) is 5.79 Å². The highest BCUT2D eigenvalue weighted by molar-refractivity contribution is 5.67. The summed E-state index contributed by atoms with van der Waals surface area (Å²) in [4.78, 5) is 4.56. The van der Waals surface area contributed by atoms with Crippen LogP contribution in [0.1, 0.15) is 30.7 Å². The van der Waals surface area contributed by atoms with Crippen LogP contribution in [-0.2, 0) is 18.0 Å². The Bertz CT molecular complexity index is 711. The fourth-order valence-corrected chi connectivity index (χ4v) is 2.61. The van der Waals surface area contributed by atoms with Crippen LogP contribution in [0.5, 0.6) is 5.75 Å². The van der Waals surface area contributed by atoms with E-state index in [0.29, 0.717) is 23.6 Å². The van der Waals surface area contributed by atoms with E-state index in [2.05, 4.69) is 4.98 Å². The minimum absolute atomic E-state index is 0.185. The average Bonchev–Trinajstić information content (AvgIpc) is 2.48. The van der Waals surface area contributed by atoms with Crippen LogP contribution in [0.4, 0.5) is 4.39 Å². The zero-order valence-corrected chi connectivity index (χ0v) is 12.8. The summed E-state index contributed by atoms with van der Waals surface area (Å²) in [5.41, 5.74) is 3.56. The summed E-state index contributed by atoms with van der Waals surface area (Å²) in [5, 5.41) is 9.79. The Balaban J connectivity index is 2.17. The summed E-state index contributed by atoms with van der Waals surface area (Å²) < 4.78 is 24.6. The minimum Gasteiger partial charge on any atom is -0.461 e. The predicted molar refractivity (Wildman–Crippen MR) is 79.8 cm³/mol. The normalized spacial score (nSPS) is 16.0. The van der Waals surface area contributed by atoms with Gasteiger partial charge in [-0.1, -0.05) is 0 Å². The third-order valence-electron chi connectivity index (χ3n) is 3.72. The quantitative estimate of drug-likeness (QED) is 0.924. The molecular formula is C17H18FNO3. The van der Waals surface area contributed by atoms with E-state index in [-0.39, 0.29) is 12.4 Å². The van der Waals surface area contributed by atoms with Crippen molar-refractivity contribution >= 4 is 0 Å². The summed E-state index contributed by atoms with van der Waals surface area (Å²) >= 11 is 0. The Hall–Kier alpha value is -1.98. The zero-order valence-electron chi connectivity index (χ0n) is 12.8. The van der Waals surface area contributed by atoms with Gasteiger partial charge in [-0.15, -0.1) is 0 Å². The van der Waals surface area contributed by atoms with Crippen molar-refractivity contribution in [3.05, 3.63) is 46.9 Å². The Kier molecular flexibility index (Phi) is 3.62. The SMILES string of the molecule is Cc1nc(-c2ccc(F)cc2)c(CO)c2c1OC(C)(C)OC2. The van der Waals surface area contributed by atoms with E-state index in [1.807, 2.05) is 20.8 Å². The summed E-state index contributed by atoms with van der Waals surface area (Å²) in [7, 11) is 0. The van der Waals surface area contributed by atoms with Crippen molar-refractivity contribution in [3.63, 3.8) is 0 Å². The Labute approximate surface area is 128 Å². The van der Waals surface area contributed by atoms with Gasteiger partial charge in [0, 0.05) is 30.5 Å². The van der Waals surface area contributed by atoms with Crippen LogP contribution in [0.15, 0.2) is 24.3 Å². The van der Waals surface area contributed by atoms with Crippen LogP contribution < -0.4 is 4.74 Å². The molecule has 1 aromatic heterocycles. The molecule has 0 bridgehead atoms. The highest BCUT2D eigenvalue weighted by Gasteiger charge is 2.31. The molecule has 116 valence electrons. The van der Waals surface area contributed by atoms with E-state index in [1.165, 1.54) is 12.1 Å². The maximum Gasteiger partial charge on any atom is 0.205 e. The van der Waals surface area contributed by atoms with Crippen molar-refractivity contribution in [1.29, 1.82) is 0 Å². The summed E-state index contributed by atoms with van der Waals surface area (Å²) in [5.74, 6) is -0.368. The van der Waals surface area contributed by atoms with Crippen LogP contribution in [0.3, 0.4) is 0 Å². The lowest BCUT2D eigenvalue weighted by molar-refractivity contribution is -0.181. The number of nitrogens with zero attached hydrogens (tertiary/aromatic N) is 1. The lowest BCUT2D eigenvalue weighted by Gasteiger charge is -2.34. The topological polar surface area (TPSA) is 51.6 Å². The molecule has 0 aliphatic carbocycles. The van der Waals surface area contributed by atoms with Gasteiger partial charge < -0.3 is 14.6 Å². The molecule has 3 rings (SSSR count). The van der Waals surface area contributed by atoms with E-state index in [1.54, 1.807) is 12.1 Å². The molecule has 0 radical (unpaired) electrons. The maximum atomic E-state index is 13.1. The maximum absolute atomic E-state index is 13.1. The molecule has 0 amide bonds. The van der Waals surface area contributed by atoms with Gasteiger partial charge >= 0.3 is 0 Å². The molecule has 5 heteroatoms. The Morgan fingerprint density at radius 1 is 1.27 bits per heavy atom. The fraction of sp³-hybridized carbons (Fsp3) is 0.353. The summed E-state index contributed by atoms with van der Waals surface area (Å²) in [6.07, 6.45) is 0. The number of hydrogen-bond donors (Lipinski definition) is 1. The number of pyridine rings is 1. The van der Waals surface area contributed by atoms with Crippen LogP contribution in [0.25, 0.3) is 11.3 Å². The monoisotopic (exact) mass is 303 g/mol. The van der Waals surface area contributed by atoms with Crippen molar-refractivity contribution in [2.75, 3.05) is 0 Å². The first-order chi connectivity index (χ1) is 10.4. The van der Waals surface area contributed by atoms with Gasteiger partial charge in [0.05, 0.1) is 24.6 Å². The van der Waals surface area contributed by atoms with E-state index >= 15 is 0 Å². The van der Waals surface area contributed by atoms with Gasteiger partial charge in [-0.05, 0) is 31.2 Å². The van der Waals surface area contributed by atoms with Gasteiger partial charge in [0.25, 0.3) is 0 Å². The summed E-state index contributed by atoms with van der Waals surface area (Å²) in [6.45, 7) is 5.68. The molecule has 1 aromatic carbocycles. The minimum atomic E-state index is -0.719. The predicted octanol–water partition coefficient (Wildman–Crippen LogP) is 3.33. The molecule has 0 unspecified atom stereocenters. The lowest BCUT2D eigenvalue weighted by Crippen LogP contribution is -2.36. The van der Waals surface area contributed by atoms with Crippen molar-refractivity contribution in [1.82, 2.24) is 4.98 Å². The highest BCUT2D eigenvalue weighted by Crippen LogP contribution is 2.39. The van der Waals surface area contributed by atoms with Crippen molar-refractivity contribution in [2.24, 2.45) is 0 Å². The number of benzene rings is 1. The molecule has 22 heavy (non-hydrogen) atoms. The zero-order chi connectivity index (χ0) is 15.9. The smallest absolute Gasteiger partial charge is 0.205 e. The van der Waals surface area contributed by atoms with Crippen molar-refractivity contribution in [3.8, 4) is 17.0 Å². The molecule has 2 aromatic rings. The van der Waals surface area contributed by atoms with Gasteiger partial charge in [-0.3, -0.25) is 0 Å². The highest BCUT2D eigenvalue weighted by atomic mass is 19.1. The third-order valence-corrected chi connectivity index (χ3v) is 3.72. The second-order valence-corrected chi connectivity index (χ2v) is 5.79. The Morgan fingerprint density at radius 2 is 1.95 bits per heavy atom. The third kappa shape index (κ3) is 2.58. The molecule has 0 saturated carbocycles. The molecule has 0 spiro atoms. The molecule has 1 aliphatic rings. The van der Waals surface area contributed by atoms with Crippen molar-refractivity contribution < 1.29 is 19.0 Å². The molecule has 0 saturated heterocycles. The molecule has 2 heterocycles. The van der Waals surface area contributed by atoms with Crippen LogP contribution >= 0.6 is 0 Å². The van der Waals surface area contributed by atoms with E-state index in [9.17, 15) is 9.50 Å². The van der Waals surface area contributed by atoms with Crippen molar-refractivity contribution in [2.45, 2.75) is 39.8 Å². The Morgan fingerprint density at radius 3 is 2.59 bits per heavy atom. The summed E-state index contributed by atoms with van der Waals surface area (Å²) in [6, 6.07) is 6.06. The van der Waals surface area contributed by atoms with E-state index in [0.717, 1.165) is 16.8 Å². The molecule has 0 fully saturated rings. The lowest BCUT2D eigenvalue weighted by atomic mass is 9.99. The second-order valence-electron chi connectivity index (χ2n) is 5.79. The largest absolute Gasteiger partial charge is 0.461 e. The number of aliphatic hydroxyl groups is 1. The molecule has 4 nitrogen and oxygen atoms in total. The van der Waals surface area contributed by atoms with Crippen LogP contribution in [0, 0.1) is 12.7 Å². The fourth-order valence-electron chi connectivity index (χ4n) is 2.61. The van der Waals surface area contributed by atoms with Crippen LogP contribution in [-0.4, -0.2) is 15.9 Å². The van der Waals surface area contributed by atoms with Crippen LogP contribution in [0.2, 0.25) is 0 Å². The first-order valence-corrected chi connectivity index (χ1v) is 7.13. The number of rotatable bonds is 2. The van der Waals surface area contributed by atoms with E-state index < -0.39 is 5.79 Å².